The number of aromatic hydroxyl groups is 1. The van der Waals surface area contributed by atoms with Crippen LogP contribution >= 0.6 is 0 Å². The third-order valence-electron chi connectivity index (χ3n) is 8.32. The van der Waals surface area contributed by atoms with Crippen molar-refractivity contribution in [1.29, 1.82) is 0 Å². The van der Waals surface area contributed by atoms with Crippen LogP contribution in [0.15, 0.2) is 42.5 Å². The predicted molar refractivity (Wildman–Crippen MR) is 126 cm³/mol. The molecule has 1 heterocycles. The number of likely N-dealkylation sites (tertiary alicyclic amines) is 1. The zero-order chi connectivity index (χ0) is 23.3. The average Bonchev–Trinajstić information content (AvgIpc) is 2.77. The molecule has 0 aromatic heterocycles. The molecule has 32 heavy (non-hydrogen) atoms. The van der Waals surface area contributed by atoms with E-state index in [1.807, 2.05) is 24.8 Å². The van der Waals surface area contributed by atoms with Gasteiger partial charge in [0.2, 0.25) is 0 Å². The van der Waals surface area contributed by atoms with E-state index >= 15 is 0 Å². The summed E-state index contributed by atoms with van der Waals surface area (Å²) >= 11 is 0. The number of hydrogen-bond donors (Lipinski definition) is 1. The van der Waals surface area contributed by atoms with E-state index in [9.17, 15) is 14.7 Å². The Labute approximate surface area is 191 Å². The minimum Gasteiger partial charge on any atom is -0.508 e. The van der Waals surface area contributed by atoms with Crippen LogP contribution in [0.3, 0.4) is 0 Å². The van der Waals surface area contributed by atoms with E-state index in [0.717, 1.165) is 12.0 Å². The second-order valence-electron chi connectivity index (χ2n) is 9.88. The maximum Gasteiger partial charge on any atom is 0.254 e. The molecule has 2 bridgehead atoms. The monoisotopic (exact) mass is 434 g/mol. The normalized spacial score (nSPS) is 23.4. The van der Waals surface area contributed by atoms with Crippen molar-refractivity contribution in [1.82, 2.24) is 9.80 Å². The summed E-state index contributed by atoms with van der Waals surface area (Å²) in [5.74, 6) is 0.303. The first kappa shape index (κ1) is 22.4. The molecule has 2 amide bonds. The molecule has 1 fully saturated rings. The molecule has 0 spiro atoms. The van der Waals surface area contributed by atoms with Crippen LogP contribution in [-0.2, 0) is 11.8 Å². The first-order valence-corrected chi connectivity index (χ1v) is 11.7. The van der Waals surface area contributed by atoms with E-state index in [2.05, 4.69) is 26.8 Å². The van der Waals surface area contributed by atoms with Crippen LogP contribution in [0, 0.1) is 5.41 Å². The molecule has 170 valence electrons. The molecular weight excluding hydrogens is 400 g/mol. The molecule has 2 aromatic carbocycles. The van der Waals surface area contributed by atoms with E-state index in [4.69, 9.17) is 0 Å². The molecule has 0 radical (unpaired) electrons. The summed E-state index contributed by atoms with van der Waals surface area (Å²) in [5.41, 5.74) is 3.14. The smallest absolute Gasteiger partial charge is 0.254 e. The number of phenols is 1. The van der Waals surface area contributed by atoms with Crippen LogP contribution in [0.5, 0.6) is 5.75 Å². The van der Waals surface area contributed by atoms with Gasteiger partial charge in [-0.2, -0.15) is 0 Å². The van der Waals surface area contributed by atoms with Gasteiger partial charge in [0.15, 0.2) is 0 Å². The van der Waals surface area contributed by atoms with E-state index in [1.165, 1.54) is 5.56 Å². The molecule has 0 saturated carbocycles. The number of piperidine rings is 1. The van der Waals surface area contributed by atoms with Gasteiger partial charge in [-0.05, 0) is 73.6 Å². The van der Waals surface area contributed by atoms with Gasteiger partial charge < -0.3 is 14.9 Å². The zero-order valence-corrected chi connectivity index (χ0v) is 19.8. The zero-order valence-electron chi connectivity index (χ0n) is 19.8. The molecule has 1 unspecified atom stereocenters. The van der Waals surface area contributed by atoms with E-state index < -0.39 is 0 Å². The van der Waals surface area contributed by atoms with E-state index in [1.54, 1.807) is 35.2 Å². The lowest BCUT2D eigenvalue weighted by atomic mass is 9.51. The van der Waals surface area contributed by atoms with Gasteiger partial charge in [0.25, 0.3) is 11.8 Å². The fourth-order valence-electron chi connectivity index (χ4n) is 5.78. The highest BCUT2D eigenvalue weighted by Crippen LogP contribution is 2.57. The number of benzene rings is 2. The number of fused-ring (bicyclic) bond motifs is 4. The molecule has 1 N–H and O–H groups in total. The molecule has 1 aliphatic carbocycles. The predicted octanol–water partition coefficient (Wildman–Crippen LogP) is 4.63. The Balaban J connectivity index is 1.64. The van der Waals surface area contributed by atoms with Gasteiger partial charge in [-0.3, -0.25) is 9.59 Å². The number of carbonyl (C=O) groups is 2. The molecule has 4 rings (SSSR count). The van der Waals surface area contributed by atoms with Crippen LogP contribution in [0.2, 0.25) is 0 Å². The Morgan fingerprint density at radius 1 is 1.03 bits per heavy atom. The summed E-state index contributed by atoms with van der Waals surface area (Å²) in [6, 6.07) is 12.9. The molecular formula is C27H34N2O3. The maximum absolute atomic E-state index is 13.6. The SMILES string of the molecule is CCN(CC)C(=O)c1ccc(C(=O)N2CC[C@@]3(C)c4cccc(O)c4CC2C3(C)C)cc1. The van der Waals surface area contributed by atoms with Crippen LogP contribution in [0.1, 0.15) is 72.9 Å². The summed E-state index contributed by atoms with van der Waals surface area (Å²) in [7, 11) is 0. The summed E-state index contributed by atoms with van der Waals surface area (Å²) in [4.78, 5) is 30.0. The standard InChI is InChI=1S/C27H34N2O3/c1-6-28(7-2)24(31)18-11-13-19(14-12-18)25(32)29-16-15-27(5)21-9-8-10-22(30)20(21)17-23(29)26(27,3)4/h8-14,23,30H,6-7,15-17H2,1-5H3/t23?,27-/m0/s1. The van der Waals surface area contributed by atoms with Crippen molar-refractivity contribution in [2.75, 3.05) is 19.6 Å². The van der Waals surface area contributed by atoms with Gasteiger partial charge in [-0.1, -0.05) is 32.9 Å². The van der Waals surface area contributed by atoms with E-state index in [-0.39, 0.29) is 28.7 Å². The fraction of sp³-hybridized carbons (Fsp3) is 0.481. The summed E-state index contributed by atoms with van der Waals surface area (Å²) < 4.78 is 0. The van der Waals surface area contributed by atoms with Gasteiger partial charge in [-0.25, -0.2) is 0 Å². The second-order valence-corrected chi connectivity index (χ2v) is 9.88. The van der Waals surface area contributed by atoms with Crippen LogP contribution < -0.4 is 0 Å². The lowest BCUT2D eigenvalue weighted by molar-refractivity contribution is -0.0266. The van der Waals surface area contributed by atoms with Crippen LogP contribution in [-0.4, -0.2) is 52.4 Å². The van der Waals surface area contributed by atoms with Crippen LogP contribution in [0.4, 0.5) is 0 Å². The molecule has 2 atom stereocenters. The Bertz CT molecular complexity index is 1040. The molecule has 2 aromatic rings. The van der Waals surface area contributed by atoms with Crippen molar-refractivity contribution in [3.8, 4) is 5.75 Å². The summed E-state index contributed by atoms with van der Waals surface area (Å²) in [6.07, 6.45) is 1.49. The van der Waals surface area contributed by atoms with E-state index in [0.29, 0.717) is 42.9 Å². The minimum atomic E-state index is -0.139. The molecule has 5 nitrogen and oxygen atoms in total. The maximum atomic E-state index is 13.6. The Morgan fingerprint density at radius 2 is 1.66 bits per heavy atom. The lowest BCUT2D eigenvalue weighted by Gasteiger charge is -2.60. The Kier molecular flexibility index (Phi) is 5.56. The number of nitrogens with zero attached hydrogens (tertiary/aromatic N) is 2. The first-order valence-electron chi connectivity index (χ1n) is 11.7. The van der Waals surface area contributed by atoms with Crippen molar-refractivity contribution in [3.63, 3.8) is 0 Å². The largest absolute Gasteiger partial charge is 0.508 e. The highest BCUT2D eigenvalue weighted by Gasteiger charge is 2.57. The average molecular weight is 435 g/mol. The number of amides is 2. The highest BCUT2D eigenvalue weighted by molar-refractivity contribution is 5.98. The summed E-state index contributed by atoms with van der Waals surface area (Å²) in [5, 5.41) is 10.6. The lowest BCUT2D eigenvalue weighted by Crippen LogP contribution is -2.64. The highest BCUT2D eigenvalue weighted by atomic mass is 16.3. The van der Waals surface area contributed by atoms with Crippen molar-refractivity contribution < 1.29 is 14.7 Å². The molecule has 2 aliphatic rings. The van der Waals surface area contributed by atoms with Crippen molar-refractivity contribution in [3.05, 3.63) is 64.7 Å². The Hall–Kier alpha value is -2.82. The molecule has 5 heteroatoms. The third kappa shape index (κ3) is 3.21. The topological polar surface area (TPSA) is 60.9 Å². The van der Waals surface area contributed by atoms with Crippen molar-refractivity contribution >= 4 is 11.8 Å². The number of carbonyl (C=O) groups excluding carboxylic acids is 2. The fourth-order valence-corrected chi connectivity index (χ4v) is 5.78. The number of phenolic OH excluding ortho intramolecular Hbond substituents is 1. The quantitative estimate of drug-likeness (QED) is 0.763. The molecule has 1 aliphatic heterocycles. The van der Waals surface area contributed by atoms with Gasteiger partial charge in [-0.15, -0.1) is 0 Å². The number of hydrogen-bond acceptors (Lipinski definition) is 3. The number of rotatable bonds is 4. The van der Waals surface area contributed by atoms with Crippen molar-refractivity contribution in [2.24, 2.45) is 5.41 Å². The van der Waals surface area contributed by atoms with Gasteiger partial charge in [0.1, 0.15) is 5.75 Å². The summed E-state index contributed by atoms with van der Waals surface area (Å²) in [6.45, 7) is 12.7. The Morgan fingerprint density at radius 3 is 2.28 bits per heavy atom. The molecule has 1 saturated heterocycles. The van der Waals surface area contributed by atoms with Crippen LogP contribution in [0.25, 0.3) is 0 Å². The third-order valence-corrected chi connectivity index (χ3v) is 8.32. The van der Waals surface area contributed by atoms with Gasteiger partial charge in [0.05, 0.1) is 0 Å². The minimum absolute atomic E-state index is 0.00784. The second kappa shape index (κ2) is 7.95. The first-order chi connectivity index (χ1) is 15.2. The van der Waals surface area contributed by atoms with Gasteiger partial charge in [0, 0.05) is 42.2 Å². The van der Waals surface area contributed by atoms with Gasteiger partial charge >= 0.3 is 0 Å². The van der Waals surface area contributed by atoms with Crippen molar-refractivity contribution in [2.45, 2.75) is 58.9 Å².